The van der Waals surface area contributed by atoms with E-state index in [1.165, 1.54) is 32.1 Å². The highest BCUT2D eigenvalue weighted by molar-refractivity contribution is 5.48. The summed E-state index contributed by atoms with van der Waals surface area (Å²) in [5.74, 6) is 0. The number of rotatable bonds is 6. The second-order valence-electron chi connectivity index (χ2n) is 3.02. The summed E-state index contributed by atoms with van der Waals surface area (Å²) in [4.78, 5) is 9.40. The average Bonchev–Trinajstić information content (AvgIpc) is 2.08. The Kier molecular flexibility index (Phi) is 20.1. The molecule has 0 aromatic carbocycles. The van der Waals surface area contributed by atoms with Crippen molar-refractivity contribution in [3.8, 4) is 0 Å². The van der Waals surface area contributed by atoms with E-state index in [0.717, 1.165) is 12.7 Å². The maximum Gasteiger partial charge on any atom is 0.119 e. The monoisotopic (exact) mass is 172 g/mol. The first-order chi connectivity index (χ1) is 5.83. The Balaban J connectivity index is 0. The largest absolute Gasteiger partial charge is 0.303 e. The fraction of sp³-hybridized carbons (Fsp3) is 0.909. The van der Waals surface area contributed by atoms with Gasteiger partial charge in [-0.2, -0.15) is 0 Å². The maximum absolute atomic E-state index is 9.40. The van der Waals surface area contributed by atoms with Gasteiger partial charge in [-0.1, -0.05) is 52.9 Å². The van der Waals surface area contributed by atoms with Crippen molar-refractivity contribution < 1.29 is 4.79 Å². The first kappa shape index (κ1) is 14.2. The van der Waals surface area contributed by atoms with Crippen LogP contribution in [0.25, 0.3) is 0 Å². The number of carbonyl (C=O) groups is 1. The molecule has 0 saturated carbocycles. The van der Waals surface area contributed by atoms with Crippen molar-refractivity contribution in [1.29, 1.82) is 0 Å². The van der Waals surface area contributed by atoms with Gasteiger partial charge in [0.05, 0.1) is 0 Å². The molecule has 0 N–H and O–H groups in total. The molecule has 0 unspecified atom stereocenters. The molecule has 0 rings (SSSR count). The third kappa shape index (κ3) is 22.6. The third-order valence-corrected chi connectivity index (χ3v) is 1.61. The molecular formula is C11H24O. The van der Waals surface area contributed by atoms with Crippen LogP contribution in [0.4, 0.5) is 0 Å². The predicted octanol–water partition coefficient (Wildman–Crippen LogP) is 3.96. The summed E-state index contributed by atoms with van der Waals surface area (Å²) in [5, 5.41) is 0. The highest BCUT2D eigenvalue weighted by Crippen LogP contribution is 2.00. The predicted molar refractivity (Wildman–Crippen MR) is 55.4 cm³/mol. The van der Waals surface area contributed by atoms with E-state index in [-0.39, 0.29) is 0 Å². The fourth-order valence-electron chi connectivity index (χ4n) is 0.795. The van der Waals surface area contributed by atoms with Gasteiger partial charge < -0.3 is 4.79 Å². The van der Waals surface area contributed by atoms with Crippen LogP contribution < -0.4 is 0 Å². The van der Waals surface area contributed by atoms with Crippen molar-refractivity contribution >= 4 is 6.29 Å². The van der Waals surface area contributed by atoms with Gasteiger partial charge in [-0.15, -0.1) is 0 Å². The van der Waals surface area contributed by atoms with Crippen LogP contribution in [0.3, 0.4) is 0 Å². The van der Waals surface area contributed by atoms with E-state index >= 15 is 0 Å². The summed E-state index contributed by atoms with van der Waals surface area (Å²) in [5.41, 5.74) is 0. The normalized spacial score (nSPS) is 8.58. The molecule has 0 amide bonds. The first-order valence-corrected chi connectivity index (χ1v) is 5.27. The van der Waals surface area contributed by atoms with Gasteiger partial charge in [-0.25, -0.2) is 0 Å². The molecule has 74 valence electrons. The van der Waals surface area contributed by atoms with Gasteiger partial charge in [-0.05, 0) is 6.42 Å². The van der Waals surface area contributed by atoms with Crippen LogP contribution in [0.2, 0.25) is 0 Å². The van der Waals surface area contributed by atoms with E-state index in [1.807, 2.05) is 6.92 Å². The van der Waals surface area contributed by atoms with Gasteiger partial charge in [0.2, 0.25) is 0 Å². The molecule has 0 aliphatic rings. The van der Waals surface area contributed by atoms with E-state index in [0.29, 0.717) is 6.42 Å². The molecular weight excluding hydrogens is 148 g/mol. The summed E-state index contributed by atoms with van der Waals surface area (Å²) in [6, 6.07) is 0. The van der Waals surface area contributed by atoms with Crippen LogP contribution in [-0.4, -0.2) is 6.29 Å². The lowest BCUT2D eigenvalue weighted by molar-refractivity contribution is -0.107. The lowest BCUT2D eigenvalue weighted by Gasteiger charge is -1.90. The lowest BCUT2D eigenvalue weighted by Crippen LogP contribution is -1.70. The Hall–Kier alpha value is -0.330. The molecule has 0 radical (unpaired) electrons. The Labute approximate surface area is 77.6 Å². The van der Waals surface area contributed by atoms with E-state index in [4.69, 9.17) is 0 Å². The van der Waals surface area contributed by atoms with Gasteiger partial charge >= 0.3 is 0 Å². The molecule has 0 saturated heterocycles. The van der Waals surface area contributed by atoms with Crippen LogP contribution in [-0.2, 0) is 4.79 Å². The van der Waals surface area contributed by atoms with Crippen molar-refractivity contribution in [3.63, 3.8) is 0 Å². The van der Waals surface area contributed by atoms with Crippen LogP contribution in [0, 0.1) is 0 Å². The Bertz CT molecular complexity index is 65.4. The van der Waals surface area contributed by atoms with Crippen molar-refractivity contribution in [2.45, 2.75) is 65.7 Å². The molecule has 0 aliphatic carbocycles. The number of hydrogen-bond donors (Lipinski definition) is 0. The first-order valence-electron chi connectivity index (χ1n) is 5.27. The molecule has 12 heavy (non-hydrogen) atoms. The quantitative estimate of drug-likeness (QED) is 0.438. The smallest absolute Gasteiger partial charge is 0.119 e. The summed E-state index contributed by atoms with van der Waals surface area (Å²) in [6.07, 6.45) is 9.62. The Morgan fingerprint density at radius 3 is 1.50 bits per heavy atom. The van der Waals surface area contributed by atoms with E-state index in [2.05, 4.69) is 13.8 Å². The van der Waals surface area contributed by atoms with Crippen LogP contribution >= 0.6 is 0 Å². The third-order valence-electron chi connectivity index (χ3n) is 1.61. The van der Waals surface area contributed by atoms with Crippen molar-refractivity contribution in [1.82, 2.24) is 0 Å². The van der Waals surface area contributed by atoms with Crippen molar-refractivity contribution in [3.05, 3.63) is 0 Å². The molecule has 0 fully saturated rings. The summed E-state index contributed by atoms with van der Waals surface area (Å²) in [6.45, 7) is 6.47. The van der Waals surface area contributed by atoms with Crippen molar-refractivity contribution in [2.75, 3.05) is 0 Å². The van der Waals surface area contributed by atoms with Gasteiger partial charge in [0.15, 0.2) is 0 Å². The fourth-order valence-corrected chi connectivity index (χ4v) is 0.795. The zero-order valence-electron chi connectivity index (χ0n) is 8.94. The Morgan fingerprint density at radius 2 is 1.33 bits per heavy atom. The molecule has 0 aromatic heterocycles. The minimum atomic E-state index is 0.708. The average molecular weight is 172 g/mol. The molecule has 0 atom stereocenters. The molecule has 0 bridgehead atoms. The highest BCUT2D eigenvalue weighted by Gasteiger charge is 1.80. The van der Waals surface area contributed by atoms with Gasteiger partial charge in [0.25, 0.3) is 0 Å². The number of unbranched alkanes of at least 4 members (excludes halogenated alkanes) is 5. The lowest BCUT2D eigenvalue weighted by atomic mass is 10.2. The summed E-state index contributed by atoms with van der Waals surface area (Å²) < 4.78 is 0. The number of aldehydes is 1. The van der Waals surface area contributed by atoms with Crippen molar-refractivity contribution in [2.24, 2.45) is 0 Å². The maximum atomic E-state index is 9.40. The van der Waals surface area contributed by atoms with Gasteiger partial charge in [0.1, 0.15) is 6.29 Å². The van der Waals surface area contributed by atoms with Gasteiger partial charge in [0, 0.05) is 6.42 Å². The topological polar surface area (TPSA) is 17.1 Å². The van der Waals surface area contributed by atoms with Crippen LogP contribution in [0.1, 0.15) is 65.7 Å². The molecule has 1 heteroatoms. The van der Waals surface area contributed by atoms with E-state index < -0.39 is 0 Å². The second kappa shape index (κ2) is 17.0. The second-order valence-corrected chi connectivity index (χ2v) is 3.02. The molecule has 0 heterocycles. The zero-order valence-corrected chi connectivity index (χ0v) is 8.94. The highest BCUT2D eigenvalue weighted by atomic mass is 16.1. The SMILES string of the molecule is CCCC=O.CCCCCCC. The van der Waals surface area contributed by atoms with Crippen LogP contribution in [0.5, 0.6) is 0 Å². The zero-order chi connectivity index (χ0) is 9.66. The van der Waals surface area contributed by atoms with E-state index in [1.54, 1.807) is 0 Å². The minimum Gasteiger partial charge on any atom is -0.303 e. The Morgan fingerprint density at radius 1 is 0.833 bits per heavy atom. The minimum absolute atomic E-state index is 0.708. The summed E-state index contributed by atoms with van der Waals surface area (Å²) in [7, 11) is 0. The standard InChI is InChI=1S/C7H16.C4H8O/c1-3-5-7-6-4-2;1-2-3-4-5/h3-7H2,1-2H3;4H,2-3H2,1H3. The summed E-state index contributed by atoms with van der Waals surface area (Å²) >= 11 is 0. The molecule has 0 spiro atoms. The number of carbonyl (C=O) groups excluding carboxylic acids is 1. The molecule has 1 nitrogen and oxygen atoms in total. The molecule has 0 aromatic rings. The van der Waals surface area contributed by atoms with Gasteiger partial charge in [-0.3, -0.25) is 0 Å². The number of hydrogen-bond acceptors (Lipinski definition) is 1. The van der Waals surface area contributed by atoms with E-state index in [9.17, 15) is 4.79 Å². The molecule has 0 aliphatic heterocycles. The van der Waals surface area contributed by atoms with Crippen LogP contribution in [0.15, 0.2) is 0 Å².